The van der Waals surface area contributed by atoms with E-state index in [-0.39, 0.29) is 23.9 Å². The molecule has 47 heavy (non-hydrogen) atoms. The Labute approximate surface area is 278 Å². The van der Waals surface area contributed by atoms with Gasteiger partial charge in [-0.25, -0.2) is 4.72 Å². The lowest BCUT2D eigenvalue weighted by atomic mass is 9.81. The van der Waals surface area contributed by atoms with Crippen molar-refractivity contribution in [3.63, 3.8) is 0 Å². The largest absolute Gasteiger partial charge is 0.497 e. The summed E-state index contributed by atoms with van der Waals surface area (Å²) in [6, 6.07) is 11.3. The predicted octanol–water partition coefficient (Wildman–Crippen LogP) is 4.40. The smallest absolute Gasteiger partial charge is 0.303 e. The highest BCUT2D eigenvalue weighted by Crippen LogP contribution is 2.47. The lowest BCUT2D eigenvalue weighted by Crippen LogP contribution is -2.43. The number of fused-ring (bicyclic) bond motifs is 5. The molecule has 2 aromatic carbocycles. The third kappa shape index (κ3) is 6.89. The van der Waals surface area contributed by atoms with Gasteiger partial charge >= 0.3 is 10.2 Å². The fourth-order valence-corrected chi connectivity index (χ4v) is 7.69. The van der Waals surface area contributed by atoms with Crippen molar-refractivity contribution in [1.82, 2.24) is 23.4 Å². The number of benzene rings is 2. The summed E-state index contributed by atoms with van der Waals surface area (Å²) in [4.78, 5) is 43.6. The van der Waals surface area contributed by atoms with Gasteiger partial charge < -0.3 is 19.1 Å². The van der Waals surface area contributed by atoms with Gasteiger partial charge in [0.15, 0.2) is 0 Å². The normalized spacial score (nSPS) is 16.7. The molecular weight excluding hydrogens is 618 g/mol. The molecule has 1 aliphatic heterocycles. The monoisotopic (exact) mass is 665 g/mol. The first-order valence-corrected chi connectivity index (χ1v) is 17.9. The molecule has 0 saturated heterocycles. The van der Waals surface area contributed by atoms with Gasteiger partial charge in [-0.2, -0.15) is 12.7 Å². The summed E-state index contributed by atoms with van der Waals surface area (Å²) in [5.74, 6) is -0.470. The van der Waals surface area contributed by atoms with Crippen LogP contribution in [0.3, 0.4) is 0 Å². The number of amides is 3. The Morgan fingerprint density at radius 3 is 2.32 bits per heavy atom. The van der Waals surface area contributed by atoms with Gasteiger partial charge in [0.05, 0.1) is 25.3 Å². The summed E-state index contributed by atoms with van der Waals surface area (Å²) in [7, 11) is 2.03. The predicted molar refractivity (Wildman–Crippen MR) is 183 cm³/mol. The summed E-state index contributed by atoms with van der Waals surface area (Å²) in [6.07, 6.45) is 5.98. The highest BCUT2D eigenvalue weighted by molar-refractivity contribution is 7.87. The van der Waals surface area contributed by atoms with Crippen molar-refractivity contribution in [3.05, 3.63) is 53.1 Å². The number of rotatable bonds is 10. The average molecular weight is 666 g/mol. The molecule has 1 atom stereocenters. The molecule has 0 radical (unpaired) electrons. The van der Waals surface area contributed by atoms with Crippen LogP contribution in [0.15, 0.2) is 36.4 Å². The second-order valence-corrected chi connectivity index (χ2v) is 14.7. The third-order valence-electron chi connectivity index (χ3n) is 9.73. The zero-order valence-corrected chi connectivity index (χ0v) is 29.2. The molecule has 1 N–H and O–H groups in total. The maximum atomic E-state index is 14.2. The Balaban J connectivity index is 1.67. The molecule has 1 fully saturated rings. The minimum absolute atomic E-state index is 0.0146. The van der Waals surface area contributed by atoms with E-state index in [9.17, 15) is 22.8 Å². The maximum Gasteiger partial charge on any atom is 0.303 e. The summed E-state index contributed by atoms with van der Waals surface area (Å²) >= 11 is 0. The van der Waals surface area contributed by atoms with Crippen molar-refractivity contribution in [2.75, 3.05) is 47.9 Å². The first kappa shape index (κ1) is 34.4. The van der Waals surface area contributed by atoms with Crippen LogP contribution in [0, 0.1) is 5.92 Å². The van der Waals surface area contributed by atoms with E-state index in [1.807, 2.05) is 32.0 Å². The summed E-state index contributed by atoms with van der Waals surface area (Å²) in [5.41, 5.74) is 5.22. The summed E-state index contributed by atoms with van der Waals surface area (Å²) < 4.78 is 35.9. The van der Waals surface area contributed by atoms with Crippen molar-refractivity contribution in [3.8, 4) is 17.0 Å². The Morgan fingerprint density at radius 2 is 1.68 bits per heavy atom. The Hall–Kier alpha value is -3.90. The average Bonchev–Trinajstić information content (AvgIpc) is 3.27. The number of carbonyl (C=O) groups excluding carboxylic acids is 3. The quantitative estimate of drug-likeness (QED) is 0.343. The first-order chi connectivity index (χ1) is 22.4. The zero-order chi connectivity index (χ0) is 34.0. The van der Waals surface area contributed by atoms with Crippen LogP contribution >= 0.6 is 0 Å². The highest BCUT2D eigenvalue weighted by atomic mass is 32.2. The van der Waals surface area contributed by atoms with Gasteiger partial charge in [-0.15, -0.1) is 0 Å². The van der Waals surface area contributed by atoms with Gasteiger partial charge in [0, 0.05) is 62.8 Å². The molecule has 1 unspecified atom stereocenters. The van der Waals surface area contributed by atoms with E-state index >= 15 is 0 Å². The number of methoxy groups -OCH3 is 1. The van der Waals surface area contributed by atoms with E-state index < -0.39 is 22.0 Å². The molecule has 12 heteroatoms. The fraction of sp³-hybridized carbons (Fsp3) is 0.514. The van der Waals surface area contributed by atoms with Crippen molar-refractivity contribution >= 4 is 38.8 Å². The van der Waals surface area contributed by atoms with E-state index in [2.05, 4.69) is 15.4 Å². The van der Waals surface area contributed by atoms with Crippen LogP contribution in [0.2, 0.25) is 0 Å². The van der Waals surface area contributed by atoms with Crippen molar-refractivity contribution < 1.29 is 27.5 Å². The molecule has 5 rings (SSSR count). The number of nitrogens with one attached hydrogen (secondary N) is 1. The number of nitrogens with zero attached hydrogens (tertiary/aromatic N) is 4. The lowest BCUT2D eigenvalue weighted by molar-refractivity contribution is -0.141. The van der Waals surface area contributed by atoms with Crippen LogP contribution in [0.1, 0.15) is 73.4 Å². The van der Waals surface area contributed by atoms with Crippen LogP contribution < -0.4 is 9.46 Å². The Morgan fingerprint density at radius 1 is 0.979 bits per heavy atom. The fourth-order valence-electron chi connectivity index (χ4n) is 7.15. The first-order valence-electron chi connectivity index (χ1n) is 16.5. The highest BCUT2D eigenvalue weighted by Gasteiger charge is 2.35. The standard InChI is InChI=1S/C35H47N5O6S/c1-7-39(8-2)31(41)22-38(5)35(43)26-18-25-19-27(46-6)15-17-28(25)33-32(23-12-10-9-11-13-23)29-16-14-24(20-30(29)40(33)21-26)34(42)36-47(44,45)37(3)4/h14-17,19-20,23,26H,7-13,18,21-22H2,1-6H3,(H,36,42). The third-order valence-corrected chi connectivity index (χ3v) is 11.1. The number of likely N-dealkylation sites (N-methyl/N-ethyl adjacent to an activating group) is 2. The van der Waals surface area contributed by atoms with E-state index in [0.717, 1.165) is 57.7 Å². The molecule has 3 aromatic rings. The van der Waals surface area contributed by atoms with Crippen molar-refractivity contribution in [2.45, 2.75) is 64.8 Å². The summed E-state index contributed by atoms with van der Waals surface area (Å²) in [5, 5.41) is 0.999. The molecule has 0 spiro atoms. The lowest BCUT2D eigenvalue weighted by Gasteiger charge is -2.26. The van der Waals surface area contributed by atoms with E-state index in [4.69, 9.17) is 4.74 Å². The topological polar surface area (TPSA) is 121 Å². The van der Waals surface area contributed by atoms with E-state index in [1.165, 1.54) is 31.0 Å². The molecule has 2 heterocycles. The molecular formula is C35H47N5O6S. The zero-order valence-electron chi connectivity index (χ0n) is 28.3. The molecule has 1 aliphatic carbocycles. The molecule has 2 aliphatic rings. The van der Waals surface area contributed by atoms with Gasteiger partial charge in [-0.05, 0) is 80.5 Å². The minimum Gasteiger partial charge on any atom is -0.497 e. The molecule has 1 aromatic heterocycles. The van der Waals surface area contributed by atoms with Crippen LogP contribution in [-0.4, -0.2) is 92.7 Å². The van der Waals surface area contributed by atoms with Gasteiger partial charge in [0.2, 0.25) is 11.8 Å². The van der Waals surface area contributed by atoms with Crippen LogP contribution in [0.5, 0.6) is 5.75 Å². The van der Waals surface area contributed by atoms with Gasteiger partial charge in [-0.3, -0.25) is 14.4 Å². The van der Waals surface area contributed by atoms with Gasteiger partial charge in [0.1, 0.15) is 5.75 Å². The number of hydrogen-bond donors (Lipinski definition) is 1. The van der Waals surface area contributed by atoms with E-state index in [1.54, 1.807) is 31.2 Å². The second kappa shape index (κ2) is 14.1. The summed E-state index contributed by atoms with van der Waals surface area (Å²) in [6.45, 7) is 5.31. The van der Waals surface area contributed by atoms with Crippen molar-refractivity contribution in [2.24, 2.45) is 5.92 Å². The van der Waals surface area contributed by atoms with Crippen molar-refractivity contribution in [1.29, 1.82) is 0 Å². The maximum absolute atomic E-state index is 14.2. The Kier molecular flexibility index (Phi) is 10.3. The Bertz CT molecular complexity index is 1770. The number of aromatic nitrogens is 1. The molecule has 254 valence electrons. The number of ether oxygens (including phenoxy) is 1. The second-order valence-electron chi connectivity index (χ2n) is 12.8. The van der Waals surface area contributed by atoms with Gasteiger partial charge in [0.25, 0.3) is 5.91 Å². The molecule has 11 nitrogen and oxygen atoms in total. The molecule has 0 bridgehead atoms. The minimum atomic E-state index is -4.00. The van der Waals surface area contributed by atoms with Crippen LogP contribution in [0.4, 0.5) is 0 Å². The number of hydrogen-bond acceptors (Lipinski definition) is 6. The van der Waals surface area contributed by atoms with E-state index in [0.29, 0.717) is 37.7 Å². The van der Waals surface area contributed by atoms with Gasteiger partial charge in [-0.1, -0.05) is 25.3 Å². The SMILES string of the molecule is CCN(CC)C(=O)CN(C)C(=O)C1Cc2cc(OC)ccc2-c2c(C3CCCCC3)c3ccc(C(=O)NS(=O)(=O)N(C)C)cc3n2C1. The van der Waals surface area contributed by atoms with Crippen LogP contribution in [-0.2, 0) is 32.8 Å². The number of carbonyl (C=O) groups is 3. The van der Waals surface area contributed by atoms with Crippen LogP contribution in [0.25, 0.3) is 22.2 Å². The molecule has 1 saturated carbocycles. The molecule has 3 amide bonds.